The monoisotopic (exact) mass is 402 g/mol. The maximum atomic E-state index is 12.3. The fourth-order valence-corrected chi connectivity index (χ4v) is 4.41. The van der Waals surface area contributed by atoms with E-state index in [4.69, 9.17) is 4.74 Å². The largest absolute Gasteiger partial charge is 0.485 e. The van der Waals surface area contributed by atoms with Crippen LogP contribution >= 0.6 is 11.8 Å². The predicted molar refractivity (Wildman–Crippen MR) is 112 cm³/mol. The number of amides is 1. The van der Waals surface area contributed by atoms with Crippen LogP contribution < -0.4 is 10.1 Å². The number of hydrogen-bond donors (Lipinski definition) is 1. The molecule has 0 spiro atoms. The number of carbonyl (C=O) groups excluding carboxylic acids is 1. The summed E-state index contributed by atoms with van der Waals surface area (Å²) in [4.78, 5) is 12.3. The van der Waals surface area contributed by atoms with Crippen LogP contribution in [-0.2, 0) is 18.4 Å². The first-order chi connectivity index (χ1) is 13.5. The van der Waals surface area contributed by atoms with Gasteiger partial charge in [-0.1, -0.05) is 49.7 Å². The number of benzene rings is 1. The molecule has 0 saturated heterocycles. The first kappa shape index (κ1) is 20.7. The van der Waals surface area contributed by atoms with Crippen LogP contribution in [0.2, 0.25) is 0 Å². The molecule has 1 heterocycles. The van der Waals surface area contributed by atoms with Crippen molar-refractivity contribution >= 4 is 17.7 Å². The molecule has 3 rings (SSSR count). The first-order valence-electron chi connectivity index (χ1n) is 9.95. The van der Waals surface area contributed by atoms with Crippen molar-refractivity contribution in [3.8, 4) is 5.75 Å². The van der Waals surface area contributed by atoms with Crippen molar-refractivity contribution in [3.05, 3.63) is 35.2 Å². The van der Waals surface area contributed by atoms with E-state index in [2.05, 4.69) is 22.4 Å². The predicted octanol–water partition coefficient (Wildman–Crippen LogP) is 3.80. The number of nitrogens with one attached hydrogen (secondary N) is 1. The van der Waals surface area contributed by atoms with Gasteiger partial charge in [-0.05, 0) is 43.7 Å². The van der Waals surface area contributed by atoms with Crippen molar-refractivity contribution < 1.29 is 9.53 Å². The number of rotatable bonds is 7. The van der Waals surface area contributed by atoms with Crippen molar-refractivity contribution in [2.24, 2.45) is 13.0 Å². The lowest BCUT2D eigenvalue weighted by molar-refractivity contribution is -0.119. The Balaban J connectivity index is 1.52. The molecule has 28 heavy (non-hydrogen) atoms. The number of aromatic nitrogens is 3. The Hall–Kier alpha value is -2.02. The first-order valence-corrected chi connectivity index (χ1v) is 10.9. The Labute approximate surface area is 171 Å². The molecule has 1 amide bonds. The van der Waals surface area contributed by atoms with Crippen LogP contribution in [0.15, 0.2) is 23.4 Å². The van der Waals surface area contributed by atoms with Crippen molar-refractivity contribution in [3.63, 3.8) is 0 Å². The summed E-state index contributed by atoms with van der Waals surface area (Å²) in [6.07, 6.45) is 4.76. The lowest BCUT2D eigenvalue weighted by Crippen LogP contribution is -2.41. The topological polar surface area (TPSA) is 69.0 Å². The minimum Gasteiger partial charge on any atom is -0.485 e. The number of ether oxygens (including phenoxy) is 1. The van der Waals surface area contributed by atoms with Crippen LogP contribution in [-0.4, -0.2) is 32.5 Å². The summed E-state index contributed by atoms with van der Waals surface area (Å²) in [5, 5.41) is 12.4. The van der Waals surface area contributed by atoms with E-state index in [-0.39, 0.29) is 5.91 Å². The average Bonchev–Trinajstić information content (AvgIpc) is 3.01. The quantitative estimate of drug-likeness (QED) is 0.714. The second kappa shape index (κ2) is 9.45. The second-order valence-electron chi connectivity index (χ2n) is 7.69. The SMILES string of the molecule is Cc1cccc(C)c1OCc1nnc(SCC(=O)N[C@@H]2CCCC[C@H]2C)n1C. The number of para-hydroxylation sites is 1. The van der Waals surface area contributed by atoms with E-state index in [0.29, 0.717) is 24.3 Å². The van der Waals surface area contributed by atoms with E-state index >= 15 is 0 Å². The molecule has 1 aromatic carbocycles. The maximum absolute atomic E-state index is 12.3. The van der Waals surface area contributed by atoms with Crippen LogP contribution in [0.25, 0.3) is 0 Å². The Bertz CT molecular complexity index is 800. The molecule has 2 aromatic rings. The summed E-state index contributed by atoms with van der Waals surface area (Å²) in [6, 6.07) is 6.40. The third-order valence-corrected chi connectivity index (χ3v) is 6.49. The molecule has 6 nitrogen and oxygen atoms in total. The van der Waals surface area contributed by atoms with E-state index in [0.717, 1.165) is 34.3 Å². The molecule has 1 aliphatic carbocycles. The summed E-state index contributed by atoms with van der Waals surface area (Å²) in [5.41, 5.74) is 2.20. The van der Waals surface area contributed by atoms with E-state index in [9.17, 15) is 4.79 Å². The van der Waals surface area contributed by atoms with Crippen LogP contribution in [0, 0.1) is 19.8 Å². The fraction of sp³-hybridized carbons (Fsp3) is 0.571. The summed E-state index contributed by atoms with van der Waals surface area (Å²) in [6.45, 7) is 6.64. The molecule has 2 atom stereocenters. The number of aryl methyl sites for hydroxylation is 2. The van der Waals surface area contributed by atoms with E-state index < -0.39 is 0 Å². The van der Waals surface area contributed by atoms with Gasteiger partial charge in [-0.2, -0.15) is 0 Å². The molecule has 1 aliphatic rings. The van der Waals surface area contributed by atoms with Gasteiger partial charge in [0.25, 0.3) is 0 Å². The van der Waals surface area contributed by atoms with Gasteiger partial charge in [0.15, 0.2) is 11.0 Å². The maximum Gasteiger partial charge on any atom is 0.230 e. The standard InChI is InChI=1S/C21H30N4O2S/c1-14-8-5-6-11-17(14)22-19(26)13-28-21-24-23-18(25(21)4)12-27-20-15(2)9-7-10-16(20)3/h7,9-10,14,17H,5-6,8,11-13H2,1-4H3,(H,22,26)/t14-,17-/m1/s1. The third kappa shape index (κ3) is 5.07. The van der Waals surface area contributed by atoms with Gasteiger partial charge in [-0.15, -0.1) is 10.2 Å². The van der Waals surface area contributed by atoms with E-state index in [1.807, 2.05) is 43.7 Å². The molecular formula is C21H30N4O2S. The highest BCUT2D eigenvalue weighted by Crippen LogP contribution is 2.25. The molecule has 1 N–H and O–H groups in total. The Morgan fingerprint density at radius 3 is 2.68 bits per heavy atom. The Kier molecular flexibility index (Phi) is 6.99. The number of nitrogens with zero attached hydrogens (tertiary/aromatic N) is 3. The van der Waals surface area contributed by atoms with Gasteiger partial charge in [-0.25, -0.2) is 0 Å². The van der Waals surface area contributed by atoms with Gasteiger partial charge in [0.05, 0.1) is 5.75 Å². The minimum atomic E-state index is 0.0695. The van der Waals surface area contributed by atoms with E-state index in [1.165, 1.54) is 31.0 Å². The number of thioether (sulfide) groups is 1. The molecule has 152 valence electrons. The molecule has 0 radical (unpaired) electrons. The lowest BCUT2D eigenvalue weighted by Gasteiger charge is -2.29. The summed E-state index contributed by atoms with van der Waals surface area (Å²) < 4.78 is 7.87. The van der Waals surface area contributed by atoms with Crippen LogP contribution in [0.3, 0.4) is 0 Å². The molecular weight excluding hydrogens is 372 g/mol. The van der Waals surface area contributed by atoms with Gasteiger partial charge < -0.3 is 14.6 Å². The highest BCUT2D eigenvalue weighted by Gasteiger charge is 2.23. The van der Waals surface area contributed by atoms with Crippen molar-refractivity contribution in [2.75, 3.05) is 5.75 Å². The molecule has 0 aliphatic heterocycles. The molecule has 1 fully saturated rings. The molecule has 1 aromatic heterocycles. The molecule has 7 heteroatoms. The fourth-order valence-electron chi connectivity index (χ4n) is 3.67. The summed E-state index contributed by atoms with van der Waals surface area (Å²) in [7, 11) is 1.91. The van der Waals surface area contributed by atoms with Gasteiger partial charge in [0.1, 0.15) is 12.4 Å². The third-order valence-electron chi connectivity index (χ3n) is 5.47. The second-order valence-corrected chi connectivity index (χ2v) is 8.63. The summed E-state index contributed by atoms with van der Waals surface area (Å²) in [5.74, 6) is 2.62. The average molecular weight is 403 g/mol. The number of hydrogen-bond acceptors (Lipinski definition) is 5. The molecule has 0 bridgehead atoms. The van der Waals surface area contributed by atoms with Gasteiger partial charge in [-0.3, -0.25) is 4.79 Å². The normalized spacial score (nSPS) is 19.4. The Morgan fingerprint density at radius 2 is 1.96 bits per heavy atom. The van der Waals surface area contributed by atoms with Gasteiger partial charge in [0.2, 0.25) is 5.91 Å². The zero-order valence-electron chi connectivity index (χ0n) is 17.2. The number of carbonyl (C=O) groups is 1. The van der Waals surface area contributed by atoms with Crippen molar-refractivity contribution in [2.45, 2.75) is 64.3 Å². The highest BCUT2D eigenvalue weighted by atomic mass is 32.2. The van der Waals surface area contributed by atoms with Gasteiger partial charge in [0, 0.05) is 13.1 Å². The summed E-state index contributed by atoms with van der Waals surface area (Å²) >= 11 is 1.42. The van der Waals surface area contributed by atoms with Crippen LogP contribution in [0.5, 0.6) is 5.75 Å². The minimum absolute atomic E-state index is 0.0695. The van der Waals surface area contributed by atoms with Crippen LogP contribution in [0.1, 0.15) is 49.6 Å². The van der Waals surface area contributed by atoms with Crippen molar-refractivity contribution in [1.82, 2.24) is 20.1 Å². The van der Waals surface area contributed by atoms with E-state index in [1.54, 1.807) is 0 Å². The zero-order chi connectivity index (χ0) is 20.1. The lowest BCUT2D eigenvalue weighted by atomic mass is 9.86. The smallest absolute Gasteiger partial charge is 0.230 e. The Morgan fingerprint density at radius 1 is 1.25 bits per heavy atom. The van der Waals surface area contributed by atoms with Crippen molar-refractivity contribution in [1.29, 1.82) is 0 Å². The molecule has 0 unspecified atom stereocenters. The van der Waals surface area contributed by atoms with Gasteiger partial charge >= 0.3 is 0 Å². The molecule has 1 saturated carbocycles. The zero-order valence-corrected chi connectivity index (χ0v) is 18.0. The highest BCUT2D eigenvalue weighted by molar-refractivity contribution is 7.99. The van der Waals surface area contributed by atoms with Crippen LogP contribution in [0.4, 0.5) is 0 Å².